The predicted molar refractivity (Wildman–Crippen MR) is 75.9 cm³/mol. The van der Waals surface area contributed by atoms with Gasteiger partial charge in [-0.2, -0.15) is 5.26 Å². The van der Waals surface area contributed by atoms with Gasteiger partial charge in [0, 0.05) is 19.2 Å². The molecule has 3 N–H and O–H groups in total. The lowest BCUT2D eigenvalue weighted by atomic mass is 10.1. The van der Waals surface area contributed by atoms with Gasteiger partial charge in [-0.25, -0.2) is 0 Å². The highest BCUT2D eigenvalue weighted by molar-refractivity contribution is 6.01. The van der Waals surface area contributed by atoms with E-state index in [4.69, 9.17) is 15.7 Å². The maximum atomic E-state index is 12.0. The molecule has 1 aromatic rings. The fourth-order valence-corrected chi connectivity index (χ4v) is 2.00. The summed E-state index contributed by atoms with van der Waals surface area (Å²) >= 11 is 0. The lowest BCUT2D eigenvalue weighted by molar-refractivity contribution is -0.119. The molecule has 0 bridgehead atoms. The second-order valence-electron chi connectivity index (χ2n) is 4.66. The molecule has 0 radical (unpaired) electrons. The van der Waals surface area contributed by atoms with Crippen molar-refractivity contribution in [3.8, 4) is 11.8 Å². The van der Waals surface area contributed by atoms with Crippen molar-refractivity contribution in [3.63, 3.8) is 0 Å². The zero-order valence-corrected chi connectivity index (χ0v) is 11.6. The van der Waals surface area contributed by atoms with Gasteiger partial charge in [0.25, 0.3) is 5.91 Å². The number of fused-ring (bicyclic) bond motifs is 1. The number of amides is 2. The summed E-state index contributed by atoms with van der Waals surface area (Å²) in [5.41, 5.74) is 6.60. The van der Waals surface area contributed by atoms with E-state index in [1.165, 1.54) is 4.90 Å². The predicted octanol–water partition coefficient (Wildman–Crippen LogP) is 0.0126. The highest BCUT2D eigenvalue weighted by Gasteiger charge is 2.27. The van der Waals surface area contributed by atoms with Crippen molar-refractivity contribution in [2.24, 2.45) is 5.73 Å². The minimum Gasteiger partial charge on any atom is -0.489 e. The Morgan fingerprint density at radius 2 is 2.38 bits per heavy atom. The van der Waals surface area contributed by atoms with Crippen molar-refractivity contribution in [1.82, 2.24) is 5.32 Å². The largest absolute Gasteiger partial charge is 0.489 e. The Hall–Kier alpha value is -2.59. The van der Waals surface area contributed by atoms with Crippen LogP contribution in [0.1, 0.15) is 16.8 Å². The molecule has 1 heterocycles. The number of nitriles is 1. The molecule has 110 valence electrons. The van der Waals surface area contributed by atoms with Crippen LogP contribution >= 0.6 is 0 Å². The summed E-state index contributed by atoms with van der Waals surface area (Å²) in [6.45, 7) is 0.381. The Morgan fingerprint density at radius 3 is 3.10 bits per heavy atom. The maximum Gasteiger partial charge on any atom is 0.251 e. The summed E-state index contributed by atoms with van der Waals surface area (Å²) in [6.07, 6.45) is 0.243. The number of rotatable bonds is 3. The van der Waals surface area contributed by atoms with Crippen LogP contribution < -0.4 is 20.7 Å². The Morgan fingerprint density at radius 1 is 1.62 bits per heavy atom. The third-order valence-corrected chi connectivity index (χ3v) is 3.17. The first-order valence-corrected chi connectivity index (χ1v) is 6.49. The zero-order valence-electron chi connectivity index (χ0n) is 11.6. The molecule has 21 heavy (non-hydrogen) atoms. The number of likely N-dealkylation sites (N-methyl/N-ethyl adjacent to an activating group) is 1. The number of hydrogen-bond acceptors (Lipinski definition) is 5. The summed E-state index contributed by atoms with van der Waals surface area (Å²) in [5.74, 6) is -0.0643. The molecule has 0 unspecified atom stereocenters. The smallest absolute Gasteiger partial charge is 0.251 e. The van der Waals surface area contributed by atoms with E-state index >= 15 is 0 Å². The van der Waals surface area contributed by atoms with E-state index < -0.39 is 6.04 Å². The number of nitrogens with zero attached hydrogens (tertiary/aromatic N) is 2. The summed E-state index contributed by atoms with van der Waals surface area (Å²) in [7, 11) is 1.59. The van der Waals surface area contributed by atoms with Gasteiger partial charge in [0.1, 0.15) is 18.4 Å². The van der Waals surface area contributed by atoms with Gasteiger partial charge < -0.3 is 20.7 Å². The average molecular weight is 288 g/mol. The van der Waals surface area contributed by atoms with Crippen molar-refractivity contribution in [1.29, 1.82) is 5.26 Å². The summed E-state index contributed by atoms with van der Waals surface area (Å²) < 4.78 is 5.47. The first kappa shape index (κ1) is 14.8. The first-order valence-electron chi connectivity index (χ1n) is 6.49. The maximum absolute atomic E-state index is 12.0. The minimum atomic E-state index is -0.727. The Kier molecular flexibility index (Phi) is 4.40. The summed E-state index contributed by atoms with van der Waals surface area (Å²) in [6, 6.07) is 6.04. The highest BCUT2D eigenvalue weighted by Crippen LogP contribution is 2.31. The molecule has 0 aliphatic carbocycles. The van der Waals surface area contributed by atoms with Crippen molar-refractivity contribution >= 4 is 17.5 Å². The molecule has 7 nitrogen and oxygen atoms in total. The van der Waals surface area contributed by atoms with E-state index in [1.807, 2.05) is 6.07 Å². The number of nitrogens with one attached hydrogen (secondary N) is 1. The van der Waals surface area contributed by atoms with E-state index in [9.17, 15) is 9.59 Å². The second-order valence-corrected chi connectivity index (χ2v) is 4.66. The minimum absolute atomic E-state index is 0.101. The molecule has 2 amide bonds. The van der Waals surface area contributed by atoms with Crippen LogP contribution in [-0.2, 0) is 4.79 Å². The second kappa shape index (κ2) is 6.24. The van der Waals surface area contributed by atoms with Gasteiger partial charge >= 0.3 is 0 Å². The van der Waals surface area contributed by atoms with Crippen LogP contribution in [0.2, 0.25) is 0 Å². The van der Waals surface area contributed by atoms with Gasteiger partial charge in [-0.1, -0.05) is 0 Å². The van der Waals surface area contributed by atoms with Gasteiger partial charge in [0.2, 0.25) is 5.91 Å². The van der Waals surface area contributed by atoms with Crippen molar-refractivity contribution in [3.05, 3.63) is 23.8 Å². The number of ether oxygens (including phenoxy) is 1. The SMILES string of the molecule is CN1C(=O)[C@@H](N)COc2ccc(C(=O)NCCC#N)cc21. The topological polar surface area (TPSA) is 108 Å². The van der Waals surface area contributed by atoms with Crippen LogP contribution in [0.5, 0.6) is 5.75 Å². The molecule has 0 fully saturated rings. The number of anilines is 1. The number of benzene rings is 1. The summed E-state index contributed by atoms with van der Waals surface area (Å²) in [5, 5.41) is 11.1. The van der Waals surface area contributed by atoms with Gasteiger partial charge in [0.05, 0.1) is 18.2 Å². The lowest BCUT2D eigenvalue weighted by Gasteiger charge is -2.18. The molecule has 2 rings (SSSR count). The van der Waals surface area contributed by atoms with Crippen LogP contribution in [-0.4, -0.2) is 38.1 Å². The van der Waals surface area contributed by atoms with Gasteiger partial charge in [-0.3, -0.25) is 9.59 Å². The number of carbonyl (C=O) groups is 2. The fourth-order valence-electron chi connectivity index (χ4n) is 2.00. The fraction of sp³-hybridized carbons (Fsp3) is 0.357. The Labute approximate surface area is 122 Å². The molecule has 0 aromatic heterocycles. The monoisotopic (exact) mass is 288 g/mol. The van der Waals surface area contributed by atoms with Crippen molar-refractivity contribution in [2.75, 3.05) is 25.1 Å². The molecular formula is C14H16N4O3. The van der Waals surface area contributed by atoms with E-state index in [1.54, 1.807) is 25.2 Å². The molecule has 7 heteroatoms. The van der Waals surface area contributed by atoms with Crippen LogP contribution in [0.3, 0.4) is 0 Å². The normalized spacial score (nSPS) is 17.3. The molecule has 1 aliphatic heterocycles. The lowest BCUT2D eigenvalue weighted by Crippen LogP contribution is -2.43. The van der Waals surface area contributed by atoms with E-state index in [0.717, 1.165) is 0 Å². The summed E-state index contributed by atoms with van der Waals surface area (Å²) in [4.78, 5) is 25.3. The average Bonchev–Trinajstić information content (AvgIpc) is 2.60. The van der Waals surface area contributed by atoms with Crippen LogP contribution in [0.25, 0.3) is 0 Å². The first-order chi connectivity index (χ1) is 10.0. The molecule has 1 aromatic carbocycles. The van der Waals surface area contributed by atoms with Crippen LogP contribution in [0.15, 0.2) is 18.2 Å². The number of hydrogen-bond donors (Lipinski definition) is 2. The standard InChI is InChI=1S/C14H16N4O3/c1-18-11-7-9(13(19)17-6-2-5-15)3-4-12(11)21-8-10(16)14(18)20/h3-4,7,10H,2,6,8,16H2,1H3,(H,17,19)/t10-/m0/s1. The van der Waals surface area contributed by atoms with Crippen LogP contribution in [0.4, 0.5) is 5.69 Å². The molecule has 1 atom stereocenters. The van der Waals surface area contributed by atoms with E-state index in [0.29, 0.717) is 17.0 Å². The quantitative estimate of drug-likeness (QED) is 0.762. The highest BCUT2D eigenvalue weighted by atomic mass is 16.5. The molecular weight excluding hydrogens is 272 g/mol. The third kappa shape index (κ3) is 3.12. The Balaban J connectivity index is 2.24. The Bertz CT molecular complexity index is 609. The number of nitrogens with two attached hydrogens (primary N) is 1. The molecule has 1 aliphatic rings. The third-order valence-electron chi connectivity index (χ3n) is 3.17. The van der Waals surface area contributed by atoms with Crippen LogP contribution in [0, 0.1) is 11.3 Å². The molecule has 0 spiro atoms. The van der Waals surface area contributed by atoms with Gasteiger partial charge in [-0.05, 0) is 18.2 Å². The molecule has 0 saturated carbocycles. The van der Waals surface area contributed by atoms with Gasteiger partial charge in [-0.15, -0.1) is 0 Å². The van der Waals surface area contributed by atoms with E-state index in [-0.39, 0.29) is 31.4 Å². The van der Waals surface area contributed by atoms with Crippen molar-refractivity contribution in [2.45, 2.75) is 12.5 Å². The molecule has 0 saturated heterocycles. The van der Waals surface area contributed by atoms with E-state index in [2.05, 4.69) is 5.32 Å². The van der Waals surface area contributed by atoms with Gasteiger partial charge in [0.15, 0.2) is 0 Å². The van der Waals surface area contributed by atoms with Crippen molar-refractivity contribution < 1.29 is 14.3 Å². The zero-order chi connectivity index (χ0) is 15.4. The number of carbonyl (C=O) groups excluding carboxylic acids is 2.